The van der Waals surface area contributed by atoms with Crippen LogP contribution in [0.3, 0.4) is 0 Å². The van der Waals surface area contributed by atoms with Gasteiger partial charge in [-0.1, -0.05) is 190 Å². The zero-order valence-electron chi connectivity index (χ0n) is 41.1. The van der Waals surface area contributed by atoms with Crippen molar-refractivity contribution >= 4 is 72.8 Å². The summed E-state index contributed by atoms with van der Waals surface area (Å²) in [4.78, 5) is 43.6. The summed E-state index contributed by atoms with van der Waals surface area (Å²) in [5, 5.41) is 21.5. The SMILES string of the molecule is CCCCCC(CCCCCCCCCC(CC(=O)[O-])OC(C)=O)OCc1ccccc1.CCCCCC(CCCCCCCCCC(CC(=O)[O-])OC(C)=O)OCc1ccccc1.[Ba+2]. The van der Waals surface area contributed by atoms with E-state index in [0.717, 1.165) is 64.2 Å². The number of carboxylic acids is 2. The molecule has 2 aromatic rings. The second kappa shape index (κ2) is 44.3. The van der Waals surface area contributed by atoms with E-state index in [2.05, 4.69) is 62.4 Å². The third-order valence-electron chi connectivity index (χ3n) is 11.5. The van der Waals surface area contributed by atoms with Gasteiger partial charge in [0.05, 0.1) is 25.4 Å². The summed E-state index contributed by atoms with van der Waals surface area (Å²) >= 11 is 0. The van der Waals surface area contributed by atoms with Gasteiger partial charge in [-0.05, 0) is 62.5 Å². The van der Waals surface area contributed by atoms with Gasteiger partial charge in [0.15, 0.2) is 0 Å². The second-order valence-corrected chi connectivity index (χ2v) is 17.5. The Morgan fingerprint density at radius 2 is 0.677 bits per heavy atom. The molecule has 4 atom stereocenters. The van der Waals surface area contributed by atoms with Crippen molar-refractivity contribution in [1.82, 2.24) is 0 Å². The van der Waals surface area contributed by atoms with Crippen molar-refractivity contribution in [3.8, 4) is 0 Å². The summed E-state index contributed by atoms with van der Waals surface area (Å²) in [6.07, 6.45) is 28.1. The second-order valence-electron chi connectivity index (χ2n) is 17.5. The molecule has 0 N–H and O–H groups in total. The number of aliphatic carboxylic acids is 2. The number of unbranched alkanes of at least 4 members (excludes halogenated alkanes) is 16. The van der Waals surface area contributed by atoms with Crippen molar-refractivity contribution in [2.45, 2.75) is 245 Å². The molecule has 0 aliphatic heterocycles. The topological polar surface area (TPSA) is 151 Å². The van der Waals surface area contributed by atoms with Crippen molar-refractivity contribution in [3.05, 3.63) is 71.8 Å². The molecule has 10 nitrogen and oxygen atoms in total. The standard InChI is InChI=1S/2C27H44O5.Ba/c2*1-3-4-11-18-25(31-22-24-16-12-10-13-17-24)19-14-8-6-5-7-9-15-20-26(21-27(29)30)32-23(2)28;/h2*10,12-13,16-17,25-26H,3-9,11,14-15,18-22H2,1-2H3,(H,29,30);/q;;+2/p-2. The van der Waals surface area contributed by atoms with Crippen molar-refractivity contribution in [2.24, 2.45) is 0 Å². The monoisotopic (exact) mass is 1030 g/mol. The Balaban J connectivity index is 0.00000124. The van der Waals surface area contributed by atoms with Gasteiger partial charge in [-0.2, -0.15) is 0 Å². The van der Waals surface area contributed by atoms with Gasteiger partial charge in [-0.15, -0.1) is 0 Å². The molecule has 364 valence electrons. The van der Waals surface area contributed by atoms with E-state index in [-0.39, 0.29) is 61.7 Å². The average molecular weight is 1030 g/mol. The van der Waals surface area contributed by atoms with Gasteiger partial charge in [0.2, 0.25) is 0 Å². The smallest absolute Gasteiger partial charge is 0.550 e. The molecule has 0 aliphatic rings. The molecule has 65 heavy (non-hydrogen) atoms. The van der Waals surface area contributed by atoms with Gasteiger partial charge < -0.3 is 38.7 Å². The first-order valence-corrected chi connectivity index (χ1v) is 25.1. The van der Waals surface area contributed by atoms with Crippen molar-refractivity contribution in [1.29, 1.82) is 0 Å². The van der Waals surface area contributed by atoms with E-state index in [9.17, 15) is 29.4 Å². The summed E-state index contributed by atoms with van der Waals surface area (Å²) < 4.78 is 22.6. The Kier molecular flexibility index (Phi) is 42.8. The third kappa shape index (κ3) is 40.6. The van der Waals surface area contributed by atoms with Crippen LogP contribution in [0.5, 0.6) is 0 Å². The first-order chi connectivity index (χ1) is 31.0. The van der Waals surface area contributed by atoms with E-state index in [1.54, 1.807) is 0 Å². The molecule has 0 heterocycles. The Hall–Kier alpha value is -2.19. The molecule has 0 saturated carbocycles. The van der Waals surface area contributed by atoms with Crippen LogP contribution in [0, 0.1) is 0 Å². The van der Waals surface area contributed by atoms with Gasteiger partial charge in [-0.25, -0.2) is 0 Å². The number of rotatable bonds is 40. The molecule has 2 rings (SSSR count). The van der Waals surface area contributed by atoms with Crippen LogP contribution in [0.1, 0.15) is 219 Å². The number of carboxylic acid groups (broad SMARTS) is 2. The number of hydrogen-bond donors (Lipinski definition) is 0. The maximum absolute atomic E-state index is 11.1. The average Bonchev–Trinajstić information content (AvgIpc) is 3.25. The Labute approximate surface area is 434 Å². The number of benzene rings is 2. The number of hydrogen-bond acceptors (Lipinski definition) is 10. The summed E-state index contributed by atoms with van der Waals surface area (Å²) in [6, 6.07) is 20.8. The van der Waals surface area contributed by atoms with Crippen LogP contribution >= 0.6 is 0 Å². The van der Waals surface area contributed by atoms with Crippen LogP contribution in [-0.2, 0) is 51.3 Å². The Morgan fingerprint density at radius 1 is 0.415 bits per heavy atom. The predicted octanol–water partition coefficient (Wildman–Crippen LogP) is 11.1. The minimum absolute atomic E-state index is 0. The quantitative estimate of drug-likeness (QED) is 0.0358. The van der Waals surface area contributed by atoms with Crippen LogP contribution in [0.4, 0.5) is 0 Å². The number of esters is 2. The first-order valence-electron chi connectivity index (χ1n) is 25.1. The molecule has 0 fully saturated rings. The van der Waals surface area contributed by atoms with Crippen molar-refractivity contribution in [3.63, 3.8) is 0 Å². The minimum atomic E-state index is -1.17. The van der Waals surface area contributed by atoms with E-state index in [4.69, 9.17) is 18.9 Å². The largest absolute Gasteiger partial charge is 2.00 e. The van der Waals surface area contributed by atoms with Gasteiger partial charge in [0, 0.05) is 38.6 Å². The summed E-state index contributed by atoms with van der Waals surface area (Å²) in [6.45, 7) is 8.49. The van der Waals surface area contributed by atoms with E-state index in [0.29, 0.717) is 38.3 Å². The normalized spacial score (nSPS) is 12.7. The molecule has 0 aliphatic carbocycles. The third-order valence-corrected chi connectivity index (χ3v) is 11.5. The number of carbonyl (C=O) groups is 4. The summed E-state index contributed by atoms with van der Waals surface area (Å²) in [5.74, 6) is -3.21. The maximum Gasteiger partial charge on any atom is 2.00 e. The van der Waals surface area contributed by atoms with E-state index < -0.39 is 36.1 Å². The molecule has 0 aromatic heterocycles. The van der Waals surface area contributed by atoms with Crippen molar-refractivity contribution in [2.75, 3.05) is 0 Å². The molecule has 4 unspecified atom stereocenters. The maximum atomic E-state index is 11.1. The fourth-order valence-corrected chi connectivity index (χ4v) is 7.94. The van der Waals surface area contributed by atoms with Crippen LogP contribution in [0.25, 0.3) is 0 Å². The van der Waals surface area contributed by atoms with Crippen LogP contribution in [0.15, 0.2) is 60.7 Å². The van der Waals surface area contributed by atoms with E-state index in [1.807, 2.05) is 12.1 Å². The van der Waals surface area contributed by atoms with Crippen LogP contribution < -0.4 is 10.2 Å². The molecule has 0 radical (unpaired) electrons. The van der Waals surface area contributed by atoms with E-state index in [1.165, 1.54) is 115 Å². The molecule has 0 saturated heterocycles. The van der Waals surface area contributed by atoms with Gasteiger partial charge in [0.1, 0.15) is 12.2 Å². The molecule has 0 spiro atoms. The number of carbonyl (C=O) groups excluding carboxylic acids is 4. The minimum Gasteiger partial charge on any atom is -0.550 e. The molecule has 0 bridgehead atoms. The molecule has 0 amide bonds. The predicted molar refractivity (Wildman–Crippen MR) is 258 cm³/mol. The zero-order chi connectivity index (χ0) is 46.9. The van der Waals surface area contributed by atoms with E-state index >= 15 is 0 Å². The molecule has 2 aromatic carbocycles. The first kappa shape index (κ1) is 62.8. The summed E-state index contributed by atoms with van der Waals surface area (Å²) in [7, 11) is 0. The fraction of sp³-hybridized carbons (Fsp3) is 0.704. The fourth-order valence-electron chi connectivity index (χ4n) is 7.94. The Bertz CT molecular complexity index is 1290. The zero-order valence-corrected chi connectivity index (χ0v) is 45.5. The van der Waals surface area contributed by atoms with Gasteiger partial charge in [-0.3, -0.25) is 9.59 Å². The summed E-state index contributed by atoms with van der Waals surface area (Å²) in [5.41, 5.74) is 2.48. The molecular weight excluding hydrogens is 946 g/mol. The molecular formula is C54H86BaO10. The van der Waals surface area contributed by atoms with Crippen LogP contribution in [-0.4, -0.2) is 97.2 Å². The van der Waals surface area contributed by atoms with Gasteiger partial charge >= 0.3 is 60.8 Å². The van der Waals surface area contributed by atoms with Crippen LogP contribution in [0.2, 0.25) is 0 Å². The number of ether oxygens (including phenoxy) is 4. The molecule has 11 heteroatoms. The van der Waals surface area contributed by atoms with Crippen molar-refractivity contribution < 1.29 is 48.3 Å². The Morgan fingerprint density at radius 3 is 0.938 bits per heavy atom. The van der Waals surface area contributed by atoms with Gasteiger partial charge in [0.25, 0.3) is 0 Å².